The molecule has 0 unspecified atom stereocenters. The maximum Gasteiger partial charge on any atom is 0.411 e. The van der Waals surface area contributed by atoms with Crippen molar-refractivity contribution in [1.82, 2.24) is 0 Å². The summed E-state index contributed by atoms with van der Waals surface area (Å²) in [6.07, 6.45) is -4.52. The van der Waals surface area contributed by atoms with Crippen LogP contribution in [0.3, 0.4) is 0 Å². The van der Waals surface area contributed by atoms with Gasteiger partial charge >= 0.3 is 6.18 Å². The van der Waals surface area contributed by atoms with E-state index >= 15 is 0 Å². The average Bonchev–Trinajstić information content (AvgIpc) is 2.34. The molecule has 1 aromatic rings. The van der Waals surface area contributed by atoms with E-state index < -0.39 is 18.7 Å². The number of halogens is 3. The number of amides is 1. The summed E-state index contributed by atoms with van der Waals surface area (Å²) in [7, 11) is 1.49. The van der Waals surface area contributed by atoms with Crippen LogP contribution in [0.1, 0.15) is 6.42 Å². The second-order valence-electron chi connectivity index (χ2n) is 3.70. The van der Waals surface area contributed by atoms with Crippen LogP contribution in [0.5, 0.6) is 5.75 Å². The Kier molecular flexibility index (Phi) is 5.62. The summed E-state index contributed by atoms with van der Waals surface area (Å²) in [4.78, 5) is 11.4. The smallest absolute Gasteiger partial charge is 0.411 e. The maximum atomic E-state index is 11.8. The van der Waals surface area contributed by atoms with Crippen molar-refractivity contribution in [2.45, 2.75) is 12.6 Å². The number of hydrogen-bond donors (Lipinski definition) is 1. The standard InChI is InChI=1S/C12H14F3NO3/c1-18-10-4-2-3-9(7-10)16-11(17)5-6-19-8-12(13,14)15/h2-4,7H,5-6,8H2,1H3,(H,16,17). The Labute approximate surface area is 108 Å². The quantitative estimate of drug-likeness (QED) is 0.813. The molecule has 1 amide bonds. The number of methoxy groups -OCH3 is 1. The van der Waals surface area contributed by atoms with Gasteiger partial charge in [0.1, 0.15) is 12.4 Å². The molecule has 0 bridgehead atoms. The van der Waals surface area contributed by atoms with E-state index in [2.05, 4.69) is 10.1 Å². The number of carbonyl (C=O) groups excluding carboxylic acids is 1. The van der Waals surface area contributed by atoms with Crippen molar-refractivity contribution in [1.29, 1.82) is 0 Å². The molecule has 1 rings (SSSR count). The normalized spacial score (nSPS) is 11.2. The Morgan fingerprint density at radius 1 is 1.37 bits per heavy atom. The van der Waals surface area contributed by atoms with E-state index in [4.69, 9.17) is 4.74 Å². The predicted octanol–water partition coefficient (Wildman–Crippen LogP) is 2.60. The van der Waals surface area contributed by atoms with Crippen LogP contribution in [0.4, 0.5) is 18.9 Å². The summed E-state index contributed by atoms with van der Waals surface area (Å²) in [6, 6.07) is 6.65. The number of nitrogens with one attached hydrogen (secondary N) is 1. The van der Waals surface area contributed by atoms with Crippen LogP contribution in [0.2, 0.25) is 0 Å². The van der Waals surface area contributed by atoms with Gasteiger partial charge < -0.3 is 14.8 Å². The first-order valence-electron chi connectivity index (χ1n) is 5.49. The van der Waals surface area contributed by atoms with Gasteiger partial charge in [-0.2, -0.15) is 13.2 Å². The highest BCUT2D eigenvalue weighted by molar-refractivity contribution is 5.90. The second kappa shape index (κ2) is 6.98. The lowest BCUT2D eigenvalue weighted by atomic mass is 10.3. The van der Waals surface area contributed by atoms with E-state index in [1.165, 1.54) is 7.11 Å². The summed E-state index contributed by atoms with van der Waals surface area (Å²) in [5, 5.41) is 2.53. The third-order valence-electron chi connectivity index (χ3n) is 2.09. The zero-order valence-electron chi connectivity index (χ0n) is 10.3. The van der Waals surface area contributed by atoms with Crippen LogP contribution in [0.25, 0.3) is 0 Å². The summed E-state index contributed by atoms with van der Waals surface area (Å²) >= 11 is 0. The van der Waals surface area contributed by atoms with Crippen molar-refractivity contribution in [2.75, 3.05) is 25.6 Å². The summed E-state index contributed by atoms with van der Waals surface area (Å²) in [6.45, 7) is -1.63. The first-order valence-corrected chi connectivity index (χ1v) is 5.49. The molecule has 106 valence electrons. The highest BCUT2D eigenvalue weighted by Gasteiger charge is 2.27. The van der Waals surface area contributed by atoms with Crippen LogP contribution in [0, 0.1) is 0 Å². The molecule has 0 aliphatic carbocycles. The summed E-state index contributed by atoms with van der Waals surface area (Å²) < 4.78 is 44.6. The number of rotatable bonds is 6. The van der Waals surface area contributed by atoms with Crippen molar-refractivity contribution in [2.24, 2.45) is 0 Å². The fraction of sp³-hybridized carbons (Fsp3) is 0.417. The molecule has 19 heavy (non-hydrogen) atoms. The van der Waals surface area contributed by atoms with Gasteiger partial charge in [0.25, 0.3) is 0 Å². The zero-order valence-corrected chi connectivity index (χ0v) is 10.3. The monoisotopic (exact) mass is 277 g/mol. The molecule has 0 atom stereocenters. The Balaban J connectivity index is 2.31. The van der Waals surface area contributed by atoms with E-state index in [0.29, 0.717) is 11.4 Å². The SMILES string of the molecule is COc1cccc(NC(=O)CCOCC(F)(F)F)c1. The van der Waals surface area contributed by atoms with Gasteiger partial charge in [-0.15, -0.1) is 0 Å². The van der Waals surface area contributed by atoms with Gasteiger partial charge in [-0.25, -0.2) is 0 Å². The summed E-state index contributed by atoms with van der Waals surface area (Å²) in [5.74, 6) is 0.154. The average molecular weight is 277 g/mol. The number of anilines is 1. The van der Waals surface area contributed by atoms with Gasteiger partial charge in [-0.05, 0) is 12.1 Å². The molecule has 7 heteroatoms. The molecular formula is C12H14F3NO3. The fourth-order valence-electron chi connectivity index (χ4n) is 1.28. The van der Waals surface area contributed by atoms with Gasteiger partial charge in [0.15, 0.2) is 0 Å². The van der Waals surface area contributed by atoms with Crippen molar-refractivity contribution in [3.63, 3.8) is 0 Å². The Morgan fingerprint density at radius 3 is 2.74 bits per heavy atom. The fourth-order valence-corrected chi connectivity index (χ4v) is 1.28. The molecular weight excluding hydrogens is 263 g/mol. The minimum atomic E-state index is -4.37. The molecule has 4 nitrogen and oxygen atoms in total. The largest absolute Gasteiger partial charge is 0.497 e. The lowest BCUT2D eigenvalue weighted by molar-refractivity contribution is -0.174. The van der Waals surface area contributed by atoms with Gasteiger partial charge in [0.05, 0.1) is 20.1 Å². The Bertz CT molecular complexity index is 421. The van der Waals surface area contributed by atoms with Crippen LogP contribution in [0.15, 0.2) is 24.3 Å². The second-order valence-corrected chi connectivity index (χ2v) is 3.70. The molecule has 0 saturated heterocycles. The van der Waals surface area contributed by atoms with E-state index in [9.17, 15) is 18.0 Å². The number of alkyl halides is 3. The third kappa shape index (κ3) is 6.66. The van der Waals surface area contributed by atoms with Crippen molar-refractivity contribution in [3.8, 4) is 5.75 Å². The lowest BCUT2D eigenvalue weighted by Gasteiger charge is -2.08. The molecule has 1 aromatic carbocycles. The minimum Gasteiger partial charge on any atom is -0.497 e. The number of carbonyl (C=O) groups is 1. The van der Waals surface area contributed by atoms with E-state index in [1.54, 1.807) is 24.3 Å². The molecule has 0 saturated carbocycles. The topological polar surface area (TPSA) is 47.6 Å². The van der Waals surface area contributed by atoms with Gasteiger partial charge in [-0.1, -0.05) is 6.07 Å². The molecule has 1 N–H and O–H groups in total. The minimum absolute atomic E-state index is 0.146. The van der Waals surface area contributed by atoms with Crippen molar-refractivity contribution in [3.05, 3.63) is 24.3 Å². The van der Waals surface area contributed by atoms with Gasteiger partial charge in [0.2, 0.25) is 5.91 Å². The molecule has 0 heterocycles. The number of hydrogen-bond acceptors (Lipinski definition) is 3. The summed E-state index contributed by atoms with van der Waals surface area (Å²) in [5.41, 5.74) is 0.514. The molecule has 0 radical (unpaired) electrons. The molecule has 0 aliphatic heterocycles. The third-order valence-corrected chi connectivity index (χ3v) is 2.09. The maximum absolute atomic E-state index is 11.8. The highest BCUT2D eigenvalue weighted by atomic mass is 19.4. The van der Waals surface area contributed by atoms with Gasteiger partial charge in [-0.3, -0.25) is 4.79 Å². The van der Waals surface area contributed by atoms with Crippen LogP contribution >= 0.6 is 0 Å². The van der Waals surface area contributed by atoms with E-state index in [-0.39, 0.29) is 13.0 Å². The first-order chi connectivity index (χ1) is 8.90. The number of ether oxygens (including phenoxy) is 2. The molecule has 0 fully saturated rings. The number of benzene rings is 1. The zero-order chi connectivity index (χ0) is 14.3. The predicted molar refractivity (Wildman–Crippen MR) is 63.1 cm³/mol. The van der Waals surface area contributed by atoms with Gasteiger partial charge in [0, 0.05) is 11.8 Å². The van der Waals surface area contributed by atoms with Crippen LogP contribution in [-0.2, 0) is 9.53 Å². The van der Waals surface area contributed by atoms with Crippen LogP contribution < -0.4 is 10.1 Å². The van der Waals surface area contributed by atoms with Crippen molar-refractivity contribution >= 4 is 11.6 Å². The Hall–Kier alpha value is -1.76. The van der Waals surface area contributed by atoms with Crippen LogP contribution in [-0.4, -0.2) is 32.4 Å². The lowest BCUT2D eigenvalue weighted by Crippen LogP contribution is -2.20. The van der Waals surface area contributed by atoms with Crippen molar-refractivity contribution < 1.29 is 27.4 Å². The highest BCUT2D eigenvalue weighted by Crippen LogP contribution is 2.17. The molecule has 0 spiro atoms. The molecule has 0 aliphatic rings. The Morgan fingerprint density at radius 2 is 2.11 bits per heavy atom. The van der Waals surface area contributed by atoms with E-state index in [1.807, 2.05) is 0 Å². The van der Waals surface area contributed by atoms with E-state index in [0.717, 1.165) is 0 Å². The molecule has 0 aromatic heterocycles. The first kappa shape index (κ1) is 15.3.